The quantitative estimate of drug-likeness (QED) is 0.786. The molecule has 0 saturated carbocycles. The number of aromatic nitrogens is 2. The van der Waals surface area contributed by atoms with Crippen LogP contribution in [0, 0.1) is 0 Å². The summed E-state index contributed by atoms with van der Waals surface area (Å²) in [6, 6.07) is 6.89. The van der Waals surface area contributed by atoms with Gasteiger partial charge in [-0.05, 0) is 31.2 Å². The van der Waals surface area contributed by atoms with Crippen LogP contribution in [-0.4, -0.2) is 22.7 Å². The van der Waals surface area contributed by atoms with Gasteiger partial charge in [-0.15, -0.1) is 0 Å². The van der Waals surface area contributed by atoms with Gasteiger partial charge in [-0.2, -0.15) is 4.98 Å². The van der Waals surface area contributed by atoms with E-state index in [1.807, 2.05) is 0 Å². The molecule has 0 amide bonds. The van der Waals surface area contributed by atoms with Gasteiger partial charge in [0.2, 0.25) is 5.82 Å². The third-order valence-corrected chi connectivity index (χ3v) is 2.23. The molecule has 1 aromatic carbocycles. The predicted octanol–water partition coefficient (Wildman–Crippen LogP) is 2.57. The predicted molar refractivity (Wildman–Crippen MR) is 60.7 cm³/mol. The van der Waals surface area contributed by atoms with E-state index in [0.29, 0.717) is 16.4 Å². The van der Waals surface area contributed by atoms with Crippen LogP contribution >= 0.6 is 11.6 Å². The second-order valence-electron chi connectivity index (χ2n) is 3.15. The SMILES string of the molecule is CCOC(=O)c1nc(-c2ccc(Cl)cc2)no1. The smallest absolute Gasteiger partial charge is 0.397 e. The van der Waals surface area contributed by atoms with Crippen LogP contribution in [0.2, 0.25) is 5.02 Å². The maximum Gasteiger partial charge on any atom is 0.397 e. The molecule has 0 unspecified atom stereocenters. The molecule has 0 atom stereocenters. The van der Waals surface area contributed by atoms with E-state index in [4.69, 9.17) is 20.9 Å². The molecule has 0 aliphatic rings. The van der Waals surface area contributed by atoms with Gasteiger partial charge in [0.15, 0.2) is 0 Å². The molecule has 88 valence electrons. The van der Waals surface area contributed by atoms with E-state index in [0.717, 1.165) is 0 Å². The number of carbonyl (C=O) groups is 1. The molecule has 0 bridgehead atoms. The Morgan fingerprint density at radius 2 is 2.12 bits per heavy atom. The molecule has 1 aromatic heterocycles. The van der Waals surface area contributed by atoms with Crippen molar-refractivity contribution in [3.05, 3.63) is 35.2 Å². The Kier molecular flexibility index (Phi) is 3.39. The number of halogens is 1. The lowest BCUT2D eigenvalue weighted by Gasteiger charge is -1.94. The third-order valence-electron chi connectivity index (χ3n) is 1.98. The molecule has 6 heteroatoms. The summed E-state index contributed by atoms with van der Waals surface area (Å²) in [7, 11) is 0. The van der Waals surface area contributed by atoms with Crippen molar-refractivity contribution in [2.24, 2.45) is 0 Å². The lowest BCUT2D eigenvalue weighted by molar-refractivity contribution is 0.0470. The summed E-state index contributed by atoms with van der Waals surface area (Å²) in [6.45, 7) is 1.96. The molecular formula is C11H9ClN2O3. The summed E-state index contributed by atoms with van der Waals surface area (Å²) in [4.78, 5) is 15.2. The Bertz CT molecular complexity index is 522. The highest BCUT2D eigenvalue weighted by Gasteiger charge is 2.16. The molecular weight excluding hydrogens is 244 g/mol. The molecule has 0 spiro atoms. The molecule has 0 radical (unpaired) electrons. The number of hydrogen-bond donors (Lipinski definition) is 0. The van der Waals surface area contributed by atoms with E-state index >= 15 is 0 Å². The van der Waals surface area contributed by atoms with Crippen molar-refractivity contribution in [3.8, 4) is 11.4 Å². The lowest BCUT2D eigenvalue weighted by Crippen LogP contribution is -2.04. The van der Waals surface area contributed by atoms with Gasteiger partial charge in [0.25, 0.3) is 0 Å². The number of ether oxygens (including phenoxy) is 1. The third kappa shape index (κ3) is 2.62. The largest absolute Gasteiger partial charge is 0.459 e. The summed E-state index contributed by atoms with van der Waals surface area (Å²) in [5, 5.41) is 4.30. The van der Waals surface area contributed by atoms with Crippen LogP contribution in [0.5, 0.6) is 0 Å². The number of benzene rings is 1. The molecule has 0 N–H and O–H groups in total. The number of carbonyl (C=O) groups excluding carboxylic acids is 1. The molecule has 17 heavy (non-hydrogen) atoms. The first kappa shape index (κ1) is 11.6. The summed E-state index contributed by atoms with van der Waals surface area (Å²) in [5.74, 6) is -0.457. The highest BCUT2D eigenvalue weighted by Crippen LogP contribution is 2.18. The number of esters is 1. The molecule has 0 aliphatic heterocycles. The summed E-state index contributed by atoms with van der Waals surface area (Å²) < 4.78 is 9.53. The van der Waals surface area contributed by atoms with E-state index in [1.165, 1.54) is 0 Å². The molecule has 2 rings (SSSR count). The van der Waals surface area contributed by atoms with Crippen molar-refractivity contribution in [2.45, 2.75) is 6.92 Å². The van der Waals surface area contributed by atoms with E-state index in [2.05, 4.69) is 10.1 Å². The average molecular weight is 253 g/mol. The normalized spacial score (nSPS) is 10.2. The van der Waals surface area contributed by atoms with Gasteiger partial charge in [0.05, 0.1) is 6.61 Å². The first-order valence-electron chi connectivity index (χ1n) is 4.97. The Morgan fingerprint density at radius 3 is 2.76 bits per heavy atom. The first-order chi connectivity index (χ1) is 8.20. The minimum Gasteiger partial charge on any atom is -0.459 e. The van der Waals surface area contributed by atoms with Crippen LogP contribution in [0.3, 0.4) is 0 Å². The highest BCUT2D eigenvalue weighted by molar-refractivity contribution is 6.30. The highest BCUT2D eigenvalue weighted by atomic mass is 35.5. The van der Waals surface area contributed by atoms with E-state index < -0.39 is 5.97 Å². The fourth-order valence-electron chi connectivity index (χ4n) is 1.22. The lowest BCUT2D eigenvalue weighted by atomic mass is 10.2. The standard InChI is InChI=1S/C11H9ClN2O3/c1-2-16-11(15)10-13-9(14-17-10)7-3-5-8(12)6-4-7/h3-6H,2H2,1H3. The van der Waals surface area contributed by atoms with Gasteiger partial charge in [0.1, 0.15) is 0 Å². The molecule has 2 aromatic rings. The van der Waals surface area contributed by atoms with Gasteiger partial charge < -0.3 is 9.26 Å². The molecule has 0 saturated heterocycles. The number of hydrogen-bond acceptors (Lipinski definition) is 5. The van der Waals surface area contributed by atoms with Gasteiger partial charge in [0, 0.05) is 10.6 Å². The van der Waals surface area contributed by atoms with Crippen molar-refractivity contribution >= 4 is 17.6 Å². The zero-order valence-electron chi connectivity index (χ0n) is 9.01. The van der Waals surface area contributed by atoms with Crippen molar-refractivity contribution in [3.63, 3.8) is 0 Å². The fraction of sp³-hybridized carbons (Fsp3) is 0.182. The Labute approximate surface area is 102 Å². The van der Waals surface area contributed by atoms with Crippen LogP contribution in [0.25, 0.3) is 11.4 Å². The van der Waals surface area contributed by atoms with Gasteiger partial charge >= 0.3 is 11.9 Å². The summed E-state index contributed by atoms with van der Waals surface area (Å²) in [5.41, 5.74) is 0.716. The van der Waals surface area contributed by atoms with Crippen LogP contribution < -0.4 is 0 Å². The molecule has 1 heterocycles. The minimum atomic E-state index is -0.625. The maximum atomic E-state index is 11.3. The maximum absolute atomic E-state index is 11.3. The Morgan fingerprint density at radius 1 is 1.41 bits per heavy atom. The minimum absolute atomic E-state index is 0.156. The van der Waals surface area contributed by atoms with Crippen molar-refractivity contribution in [2.75, 3.05) is 6.61 Å². The van der Waals surface area contributed by atoms with Crippen LogP contribution in [0.15, 0.2) is 28.8 Å². The fourth-order valence-corrected chi connectivity index (χ4v) is 1.34. The Hall–Kier alpha value is -1.88. The zero-order valence-corrected chi connectivity index (χ0v) is 9.77. The number of nitrogens with zero attached hydrogens (tertiary/aromatic N) is 2. The monoisotopic (exact) mass is 252 g/mol. The molecule has 0 fully saturated rings. The van der Waals surface area contributed by atoms with Crippen LogP contribution in [0.1, 0.15) is 17.6 Å². The van der Waals surface area contributed by atoms with E-state index in [1.54, 1.807) is 31.2 Å². The van der Waals surface area contributed by atoms with E-state index in [9.17, 15) is 4.79 Å². The first-order valence-corrected chi connectivity index (χ1v) is 5.35. The topological polar surface area (TPSA) is 65.2 Å². The van der Waals surface area contributed by atoms with Gasteiger partial charge in [-0.1, -0.05) is 16.8 Å². The van der Waals surface area contributed by atoms with Crippen molar-refractivity contribution in [1.29, 1.82) is 0 Å². The van der Waals surface area contributed by atoms with Gasteiger partial charge in [-0.25, -0.2) is 4.79 Å². The van der Waals surface area contributed by atoms with Crippen LogP contribution in [-0.2, 0) is 4.74 Å². The van der Waals surface area contributed by atoms with E-state index in [-0.39, 0.29) is 12.5 Å². The summed E-state index contributed by atoms with van der Waals surface area (Å²) >= 11 is 5.76. The molecule has 0 aliphatic carbocycles. The second kappa shape index (κ2) is 4.97. The second-order valence-corrected chi connectivity index (χ2v) is 3.59. The van der Waals surface area contributed by atoms with Crippen molar-refractivity contribution < 1.29 is 14.1 Å². The zero-order chi connectivity index (χ0) is 12.3. The Balaban J connectivity index is 2.23. The van der Waals surface area contributed by atoms with Crippen LogP contribution in [0.4, 0.5) is 0 Å². The number of rotatable bonds is 3. The molecule has 5 nitrogen and oxygen atoms in total. The van der Waals surface area contributed by atoms with Gasteiger partial charge in [-0.3, -0.25) is 0 Å². The summed E-state index contributed by atoms with van der Waals surface area (Å²) in [6.07, 6.45) is 0. The average Bonchev–Trinajstić information content (AvgIpc) is 2.80. The van der Waals surface area contributed by atoms with Crippen molar-refractivity contribution in [1.82, 2.24) is 10.1 Å².